The van der Waals surface area contributed by atoms with Crippen molar-refractivity contribution in [3.05, 3.63) is 109 Å². The number of thiophene rings is 1. The van der Waals surface area contributed by atoms with Crippen LogP contribution in [0.25, 0.3) is 16.6 Å². The number of hydrogen-bond donors (Lipinski definition) is 2. The summed E-state index contributed by atoms with van der Waals surface area (Å²) in [5.41, 5.74) is 6.86. The molecule has 4 aromatic heterocycles. The summed E-state index contributed by atoms with van der Waals surface area (Å²) < 4.78 is 1.73. The maximum atomic E-state index is 13.6. The van der Waals surface area contributed by atoms with Crippen LogP contribution >= 0.6 is 11.3 Å². The highest BCUT2D eigenvalue weighted by Crippen LogP contribution is 2.39. The fraction of sp³-hybridized carbons (Fsp3) is 0.417. The second-order valence-corrected chi connectivity index (χ2v) is 18.8. The van der Waals surface area contributed by atoms with E-state index < -0.39 is 6.04 Å². The Hall–Kier alpha value is -6.06. The van der Waals surface area contributed by atoms with E-state index in [1.54, 1.807) is 33.9 Å². The molecule has 1 atom stereocenters. The van der Waals surface area contributed by atoms with Crippen molar-refractivity contribution in [2.24, 2.45) is 0 Å². The SMILES string of the molecule is CC(=O)c1c(C)c2cnc(Nc3ccc(C4CCN(c5ccc(CN6CC=C(c7cc8c(s7)CN(C7CCC(=O)NC7=O)C8=O)CC6)cc5)CC4)cn3)nc2n(C2CCCC2)c1=O. The van der Waals surface area contributed by atoms with Crippen LogP contribution in [0.4, 0.5) is 17.5 Å². The van der Waals surface area contributed by atoms with Crippen LogP contribution in [0, 0.1) is 6.92 Å². The van der Waals surface area contributed by atoms with E-state index in [2.05, 4.69) is 61.8 Å². The molecule has 324 valence electrons. The minimum atomic E-state index is -0.581. The van der Waals surface area contributed by atoms with Gasteiger partial charge in [-0.15, -0.1) is 11.3 Å². The Balaban J connectivity index is 0.713. The Morgan fingerprint density at radius 2 is 1.71 bits per heavy atom. The smallest absolute Gasteiger partial charge is 0.263 e. The first-order valence-electron chi connectivity index (χ1n) is 22.3. The van der Waals surface area contributed by atoms with E-state index in [-0.39, 0.29) is 47.1 Å². The monoisotopic (exact) mass is 865 g/mol. The molecule has 0 radical (unpaired) electrons. The molecule has 4 aliphatic heterocycles. The molecule has 0 bridgehead atoms. The lowest BCUT2D eigenvalue weighted by Crippen LogP contribution is -2.52. The molecule has 5 aromatic rings. The highest BCUT2D eigenvalue weighted by Gasteiger charge is 2.40. The minimum absolute atomic E-state index is 0.0185. The number of aryl methyl sites for hydroxylation is 1. The second-order valence-electron chi connectivity index (χ2n) is 17.7. The minimum Gasteiger partial charge on any atom is -0.371 e. The van der Waals surface area contributed by atoms with Gasteiger partial charge in [-0.05, 0) is 105 Å². The zero-order valence-electron chi connectivity index (χ0n) is 35.7. The quantitative estimate of drug-likeness (QED) is 0.109. The summed E-state index contributed by atoms with van der Waals surface area (Å²) in [6, 6.07) is 14.5. The van der Waals surface area contributed by atoms with E-state index in [1.165, 1.54) is 29.3 Å². The van der Waals surface area contributed by atoms with Crippen molar-refractivity contribution in [2.75, 3.05) is 36.4 Å². The molecule has 8 heterocycles. The lowest BCUT2D eigenvalue weighted by Gasteiger charge is -2.34. The van der Waals surface area contributed by atoms with E-state index in [9.17, 15) is 24.0 Å². The number of fused-ring (bicyclic) bond motifs is 2. The molecule has 3 fully saturated rings. The molecule has 5 aliphatic rings. The van der Waals surface area contributed by atoms with Crippen LogP contribution in [0.5, 0.6) is 0 Å². The average Bonchev–Trinajstić information content (AvgIpc) is 4.04. The van der Waals surface area contributed by atoms with Gasteiger partial charge in [0.15, 0.2) is 5.78 Å². The van der Waals surface area contributed by atoms with Crippen LogP contribution in [-0.2, 0) is 22.7 Å². The van der Waals surface area contributed by atoms with Gasteiger partial charge in [0.2, 0.25) is 17.8 Å². The number of carbonyl (C=O) groups excluding carboxylic acids is 4. The number of nitrogens with zero attached hydrogens (tertiary/aromatic N) is 7. The molecule has 2 saturated heterocycles. The summed E-state index contributed by atoms with van der Waals surface area (Å²) in [7, 11) is 0. The number of piperidine rings is 2. The standard InChI is InChI=1S/C48H51N9O5S/c1-28-37-25-50-48(53-44(37)57(35-5-3-4-6-35)47(62)43(28)29(2)58)51-41-13-9-33(24-49-41)31-17-21-55(22-18-31)34-10-7-30(8-11-34)26-54-19-15-32(16-20-54)39-23-36-40(63-39)27-56(46(36)61)38-12-14-42(59)52-45(38)60/h7-11,13,15,23-25,31,35,38H,3-6,12,14,16-22,26-27H2,1-2H3,(H,52,59,60)(H,49,50,51,53). The highest BCUT2D eigenvalue weighted by molar-refractivity contribution is 7.13. The number of pyridine rings is 2. The second kappa shape index (κ2) is 16.9. The lowest BCUT2D eigenvalue weighted by molar-refractivity contribution is -0.136. The Labute approximate surface area is 369 Å². The van der Waals surface area contributed by atoms with Crippen molar-refractivity contribution in [1.29, 1.82) is 0 Å². The summed E-state index contributed by atoms with van der Waals surface area (Å²) in [4.78, 5) is 86.1. The third-order valence-electron chi connectivity index (χ3n) is 13.8. The summed E-state index contributed by atoms with van der Waals surface area (Å²) >= 11 is 1.65. The first kappa shape index (κ1) is 41.0. The molecule has 10 rings (SSSR count). The molecule has 1 unspecified atom stereocenters. The number of nitrogens with one attached hydrogen (secondary N) is 2. The average molecular weight is 866 g/mol. The Kier molecular flexibility index (Phi) is 11.0. The zero-order valence-corrected chi connectivity index (χ0v) is 36.5. The number of carbonyl (C=O) groups is 4. The maximum Gasteiger partial charge on any atom is 0.263 e. The van der Waals surface area contributed by atoms with Crippen LogP contribution in [0.3, 0.4) is 0 Å². The molecular weight excluding hydrogens is 815 g/mol. The number of rotatable bonds is 10. The van der Waals surface area contributed by atoms with Gasteiger partial charge in [0.1, 0.15) is 17.5 Å². The molecule has 14 nitrogen and oxygen atoms in total. The van der Waals surface area contributed by atoms with Crippen molar-refractivity contribution >= 4 is 68.9 Å². The molecule has 3 amide bonds. The van der Waals surface area contributed by atoms with E-state index in [1.807, 2.05) is 18.3 Å². The van der Waals surface area contributed by atoms with Gasteiger partial charge in [-0.2, -0.15) is 4.98 Å². The van der Waals surface area contributed by atoms with Crippen molar-refractivity contribution in [3.8, 4) is 0 Å². The van der Waals surface area contributed by atoms with Gasteiger partial charge >= 0.3 is 0 Å². The summed E-state index contributed by atoms with van der Waals surface area (Å²) in [6.07, 6.45) is 13.4. The van der Waals surface area contributed by atoms with Crippen LogP contribution in [0.15, 0.2) is 65.7 Å². The van der Waals surface area contributed by atoms with Crippen LogP contribution in [-0.4, -0.2) is 85.0 Å². The summed E-state index contributed by atoms with van der Waals surface area (Å²) in [5, 5.41) is 6.34. The van der Waals surface area contributed by atoms with Crippen molar-refractivity contribution in [2.45, 2.75) is 103 Å². The summed E-state index contributed by atoms with van der Waals surface area (Å²) in [6.45, 7) is 8.27. The van der Waals surface area contributed by atoms with E-state index in [4.69, 9.17) is 9.97 Å². The number of ketones is 1. The van der Waals surface area contributed by atoms with Gasteiger partial charge in [-0.1, -0.05) is 37.1 Å². The van der Waals surface area contributed by atoms with Gasteiger partial charge in [0, 0.05) is 78.4 Å². The molecular formula is C48H51N9O5S. The van der Waals surface area contributed by atoms with Gasteiger partial charge in [-0.3, -0.25) is 38.8 Å². The van der Waals surface area contributed by atoms with Gasteiger partial charge < -0.3 is 15.1 Å². The molecule has 0 spiro atoms. The first-order valence-corrected chi connectivity index (χ1v) is 23.1. The third kappa shape index (κ3) is 7.97. The molecule has 1 saturated carbocycles. The molecule has 63 heavy (non-hydrogen) atoms. The van der Waals surface area contributed by atoms with Gasteiger partial charge in [0.25, 0.3) is 11.5 Å². The number of benzene rings is 1. The summed E-state index contributed by atoms with van der Waals surface area (Å²) in [5.74, 6) is 0.415. The van der Waals surface area contributed by atoms with Crippen molar-refractivity contribution in [3.63, 3.8) is 0 Å². The van der Waals surface area contributed by atoms with Crippen molar-refractivity contribution < 1.29 is 19.2 Å². The molecule has 2 N–H and O–H groups in total. The number of Topliss-reactive ketones (excluding diaryl/α,β-unsaturated/α-hetero) is 1. The lowest BCUT2D eigenvalue weighted by atomic mass is 9.90. The van der Waals surface area contributed by atoms with Crippen molar-refractivity contribution in [1.82, 2.24) is 34.6 Å². The molecule has 1 aliphatic carbocycles. The first-order chi connectivity index (χ1) is 30.6. The Morgan fingerprint density at radius 1 is 0.921 bits per heavy atom. The predicted octanol–water partition coefficient (Wildman–Crippen LogP) is 7.05. The normalized spacial score (nSPS) is 20.1. The predicted molar refractivity (Wildman–Crippen MR) is 242 cm³/mol. The number of amides is 3. The third-order valence-corrected chi connectivity index (χ3v) is 15.0. The van der Waals surface area contributed by atoms with E-state index in [0.29, 0.717) is 47.4 Å². The van der Waals surface area contributed by atoms with E-state index >= 15 is 0 Å². The van der Waals surface area contributed by atoms with Crippen LogP contribution in [0.2, 0.25) is 0 Å². The number of anilines is 3. The maximum absolute atomic E-state index is 13.6. The van der Waals surface area contributed by atoms with E-state index in [0.717, 1.165) is 92.8 Å². The van der Waals surface area contributed by atoms with Gasteiger partial charge in [-0.25, -0.2) is 9.97 Å². The Bertz CT molecular complexity index is 2730. The fourth-order valence-corrected chi connectivity index (χ4v) is 11.5. The number of aromatic nitrogens is 4. The van der Waals surface area contributed by atoms with Crippen LogP contribution < -0.4 is 21.1 Å². The zero-order chi connectivity index (χ0) is 43.4. The largest absolute Gasteiger partial charge is 0.371 e. The Morgan fingerprint density at radius 3 is 2.40 bits per heavy atom. The highest BCUT2D eigenvalue weighted by atomic mass is 32.1. The number of imide groups is 1. The fourth-order valence-electron chi connectivity index (χ4n) is 10.3. The van der Waals surface area contributed by atoms with Gasteiger partial charge in [0.05, 0.1) is 17.7 Å². The van der Waals surface area contributed by atoms with Crippen LogP contribution in [0.1, 0.15) is 124 Å². The number of hydrogen-bond acceptors (Lipinski definition) is 12. The molecule has 15 heteroatoms. The molecule has 1 aromatic carbocycles. The topological polar surface area (TPSA) is 163 Å².